The Hall–Kier alpha value is -3.44. The summed E-state index contributed by atoms with van der Waals surface area (Å²) in [7, 11) is -10.2. The van der Waals surface area contributed by atoms with Crippen LogP contribution in [0.5, 0.6) is 0 Å². The van der Waals surface area contributed by atoms with Crippen molar-refractivity contribution in [1.82, 2.24) is 39.0 Å². The summed E-state index contributed by atoms with van der Waals surface area (Å²) in [5, 5.41) is 22.1. The number of nitrogens with one attached hydrogen (secondary N) is 2. The molecule has 2 bridgehead atoms. The van der Waals surface area contributed by atoms with E-state index in [0.29, 0.717) is 0 Å². The number of phosphoric acid groups is 2. The zero-order valence-corrected chi connectivity index (χ0v) is 24.1. The number of hydrogen-bond donors (Lipinski definition) is 7. The number of nitrogens with zero attached hydrogens (tertiary/aromatic N) is 6. The van der Waals surface area contributed by atoms with Gasteiger partial charge < -0.3 is 35.2 Å². The van der Waals surface area contributed by atoms with Crippen LogP contribution in [-0.4, -0.2) is 109 Å². The number of nitrogen functional groups attached to an aromatic ring is 1. The molecule has 10 atom stereocenters. The Morgan fingerprint density at radius 2 is 1.47 bits per heavy atom. The summed E-state index contributed by atoms with van der Waals surface area (Å²) in [5.41, 5.74) is 3.92. The van der Waals surface area contributed by atoms with Gasteiger partial charge in [0.05, 0.1) is 25.9 Å². The van der Waals surface area contributed by atoms with E-state index in [1.54, 1.807) is 0 Å². The summed E-state index contributed by atoms with van der Waals surface area (Å²) < 4.78 is 60.8. The molecule has 0 saturated carbocycles. The molecule has 3 fully saturated rings. The van der Waals surface area contributed by atoms with E-state index in [0.717, 1.165) is 17.2 Å². The summed E-state index contributed by atoms with van der Waals surface area (Å²) in [6.07, 6.45) is -9.49. The minimum absolute atomic E-state index is 0.0270. The largest absolute Gasteiger partial charge is 0.472 e. The molecule has 3 aliphatic heterocycles. The quantitative estimate of drug-likeness (QED) is 0.107. The predicted molar refractivity (Wildman–Crippen MR) is 142 cm³/mol. The van der Waals surface area contributed by atoms with Gasteiger partial charge >= 0.3 is 21.3 Å². The molecule has 3 saturated heterocycles. The molecular weight excluding hydrogens is 652 g/mol. The predicted octanol–water partition coefficient (Wildman–Crippen LogP) is -2.63. The van der Waals surface area contributed by atoms with Crippen LogP contribution in [0.1, 0.15) is 12.5 Å². The Balaban J connectivity index is 1.21. The Labute approximate surface area is 247 Å². The average Bonchev–Trinajstić information content (AvgIpc) is 3.72. The fraction of sp³-hybridized carbons (Fsp3) is 0.500. The van der Waals surface area contributed by atoms with Gasteiger partial charge in [-0.05, 0) is 0 Å². The van der Waals surface area contributed by atoms with E-state index in [9.17, 15) is 38.7 Å². The van der Waals surface area contributed by atoms with E-state index in [4.69, 9.17) is 33.3 Å². The normalized spacial score (nSPS) is 37.7. The maximum Gasteiger partial charge on any atom is 0.472 e. The highest BCUT2D eigenvalue weighted by Gasteiger charge is 2.54. The molecule has 7 rings (SSSR count). The van der Waals surface area contributed by atoms with Crippen molar-refractivity contribution in [2.24, 2.45) is 0 Å². The number of rotatable bonds is 2. The van der Waals surface area contributed by atoms with Crippen molar-refractivity contribution in [3.63, 3.8) is 0 Å². The van der Waals surface area contributed by atoms with Crippen LogP contribution < -0.4 is 17.0 Å². The molecule has 3 aliphatic rings. The number of hydrogen-bond acceptors (Lipinski definition) is 17. The molecule has 7 heterocycles. The summed E-state index contributed by atoms with van der Waals surface area (Å²) in [4.78, 5) is 65.5. The molecule has 0 aromatic carbocycles. The van der Waals surface area contributed by atoms with Gasteiger partial charge in [-0.3, -0.25) is 42.0 Å². The Morgan fingerprint density at radius 3 is 2.22 bits per heavy atom. The number of aromatic amines is 2. The van der Waals surface area contributed by atoms with Gasteiger partial charge in [-0.15, -0.1) is 0 Å². The van der Waals surface area contributed by atoms with E-state index in [1.807, 2.05) is 4.98 Å². The number of phosphoric ester groups is 2. The third-order valence-electron chi connectivity index (χ3n) is 7.34. The number of aromatic nitrogens is 8. The molecule has 25 heteroatoms. The maximum absolute atomic E-state index is 13.2. The van der Waals surface area contributed by atoms with Gasteiger partial charge in [-0.1, -0.05) is 0 Å². The number of aliphatic hydroxyl groups excluding tert-OH is 2. The van der Waals surface area contributed by atoms with Crippen LogP contribution in [0.15, 0.2) is 28.6 Å². The second kappa shape index (κ2) is 10.8. The maximum atomic E-state index is 13.2. The zero-order valence-electron chi connectivity index (χ0n) is 22.3. The summed E-state index contributed by atoms with van der Waals surface area (Å²) in [6, 6.07) is 0. The lowest BCUT2D eigenvalue weighted by Crippen LogP contribution is -2.36. The first-order valence-electron chi connectivity index (χ1n) is 12.9. The summed E-state index contributed by atoms with van der Waals surface area (Å²) in [6.45, 7) is -1.70. The monoisotopic (exact) mass is 675 g/mol. The fourth-order valence-corrected chi connectivity index (χ4v) is 7.21. The van der Waals surface area contributed by atoms with Crippen LogP contribution in [0.25, 0.3) is 22.3 Å². The number of anilines is 1. The lowest BCUT2D eigenvalue weighted by atomic mass is 10.1. The van der Waals surface area contributed by atoms with Crippen molar-refractivity contribution in [3.8, 4) is 0 Å². The highest BCUT2D eigenvalue weighted by molar-refractivity contribution is 7.47. The van der Waals surface area contributed by atoms with Crippen molar-refractivity contribution < 1.29 is 56.7 Å². The highest BCUT2D eigenvalue weighted by Crippen LogP contribution is 2.53. The van der Waals surface area contributed by atoms with Gasteiger partial charge in [0.25, 0.3) is 5.56 Å². The number of nitrogens with two attached hydrogens (primary N) is 1. The Bertz CT molecular complexity index is 2000. The number of fused-ring (bicyclic) bond motifs is 5. The van der Waals surface area contributed by atoms with Crippen LogP contribution in [0.2, 0.25) is 0 Å². The van der Waals surface area contributed by atoms with Crippen molar-refractivity contribution in [3.05, 3.63) is 39.8 Å². The SMILES string of the molecule is Nc1ncnc2c1ncn2[C@@H]1O[C@@H]2COP(=O)(O)O[C@@H]3[C@H](O)[C@@H](COP(=O)(O)O[C@H]2[C@H]1O)O[C@H]3n1cnc2c(=O)[nH]c(=O)[nH]c21. The molecule has 4 aromatic rings. The van der Waals surface area contributed by atoms with Gasteiger partial charge in [0.1, 0.15) is 54.1 Å². The van der Waals surface area contributed by atoms with E-state index in [-0.39, 0.29) is 28.1 Å². The Morgan fingerprint density at radius 1 is 0.822 bits per heavy atom. The number of ether oxygens (including phenoxy) is 2. The third kappa shape index (κ3) is 5.31. The van der Waals surface area contributed by atoms with Gasteiger partial charge in [0.2, 0.25) is 0 Å². The van der Waals surface area contributed by atoms with Crippen molar-refractivity contribution in [1.29, 1.82) is 0 Å². The fourth-order valence-electron chi connectivity index (χ4n) is 5.31. The number of imidazole rings is 2. The second-order valence-corrected chi connectivity index (χ2v) is 12.9. The third-order valence-corrected chi connectivity index (χ3v) is 9.31. The first kappa shape index (κ1) is 30.2. The molecule has 0 spiro atoms. The highest BCUT2D eigenvalue weighted by atomic mass is 31.2. The summed E-state index contributed by atoms with van der Waals surface area (Å²) in [5.74, 6) is 0.0270. The van der Waals surface area contributed by atoms with Crippen LogP contribution in [0.4, 0.5) is 5.82 Å². The standard InChI is InChI=1S/C20H23N9O14P2/c21-14-8-15(23-3-22-14)28(4-24-8)18-11(31)12-7(41-18)2-39-45(36,37)43-13-10(30)6(1-38-44(34,35)42-12)40-19(13)29-5-25-9-16(29)26-20(33)27-17(9)32/h3-7,10-13,18-19,30-31H,1-2H2,(H,34,35)(H,36,37)(H2,21,22,23)(H2,26,27,32,33)/t6-,7-,10-,11-,12-,13-,18-,19-/m1/s1. The summed E-state index contributed by atoms with van der Waals surface area (Å²) >= 11 is 0. The molecule has 0 aliphatic carbocycles. The van der Waals surface area contributed by atoms with Gasteiger partial charge in [-0.25, -0.2) is 33.9 Å². The topological polar surface area (TPSA) is 324 Å². The minimum Gasteiger partial charge on any atom is -0.387 e. The first-order chi connectivity index (χ1) is 21.3. The van der Waals surface area contributed by atoms with E-state index < -0.39 is 89.2 Å². The molecule has 23 nitrogen and oxygen atoms in total. The van der Waals surface area contributed by atoms with Crippen LogP contribution in [0, 0.1) is 0 Å². The van der Waals surface area contributed by atoms with Crippen LogP contribution in [0.3, 0.4) is 0 Å². The van der Waals surface area contributed by atoms with Crippen molar-refractivity contribution in [2.75, 3.05) is 18.9 Å². The smallest absolute Gasteiger partial charge is 0.387 e. The minimum atomic E-state index is -5.14. The lowest BCUT2D eigenvalue weighted by Gasteiger charge is -2.25. The molecule has 4 aromatic heterocycles. The van der Waals surface area contributed by atoms with E-state index >= 15 is 0 Å². The molecule has 45 heavy (non-hydrogen) atoms. The van der Waals surface area contributed by atoms with Crippen LogP contribution in [-0.2, 0) is 36.7 Å². The molecule has 2 unspecified atom stereocenters. The molecule has 242 valence electrons. The lowest BCUT2D eigenvalue weighted by molar-refractivity contribution is -0.0672. The van der Waals surface area contributed by atoms with Crippen LogP contribution >= 0.6 is 15.6 Å². The van der Waals surface area contributed by atoms with Gasteiger partial charge in [0.15, 0.2) is 29.4 Å². The second-order valence-electron chi connectivity index (χ2n) is 10.1. The average molecular weight is 675 g/mol. The zero-order chi connectivity index (χ0) is 31.8. The number of H-pyrrole nitrogens is 2. The molecular formula is C20H23N9O14P2. The molecule has 0 radical (unpaired) electrons. The van der Waals surface area contributed by atoms with Gasteiger partial charge in [-0.2, -0.15) is 0 Å². The molecule has 8 N–H and O–H groups in total. The first-order valence-corrected chi connectivity index (χ1v) is 15.9. The van der Waals surface area contributed by atoms with Gasteiger partial charge in [0, 0.05) is 0 Å². The van der Waals surface area contributed by atoms with E-state index in [1.165, 1.54) is 10.9 Å². The molecule has 0 amide bonds. The van der Waals surface area contributed by atoms with Crippen molar-refractivity contribution >= 4 is 43.8 Å². The van der Waals surface area contributed by atoms with Crippen molar-refractivity contribution in [2.45, 2.75) is 49.1 Å². The Kier molecular flexibility index (Phi) is 7.27. The number of aliphatic hydroxyl groups is 2. The van der Waals surface area contributed by atoms with E-state index in [2.05, 4.69) is 24.9 Å².